The van der Waals surface area contributed by atoms with Crippen LogP contribution in [0.15, 0.2) is 24.3 Å². The lowest BCUT2D eigenvalue weighted by Gasteiger charge is -2.36. The number of amides is 1. The van der Waals surface area contributed by atoms with Gasteiger partial charge in [-0.3, -0.25) is 9.69 Å². The molecule has 2 atom stereocenters. The van der Waals surface area contributed by atoms with Crippen LogP contribution >= 0.6 is 0 Å². The molecule has 0 radical (unpaired) electrons. The Hall–Kier alpha value is -1.39. The molecule has 2 unspecified atom stereocenters. The molecular formula is C17H25N3O. The summed E-state index contributed by atoms with van der Waals surface area (Å²) in [6, 6.07) is 8.73. The second-order valence-corrected chi connectivity index (χ2v) is 6.50. The lowest BCUT2D eigenvalue weighted by molar-refractivity contribution is -0.133. The van der Waals surface area contributed by atoms with E-state index in [1.807, 2.05) is 4.90 Å². The first-order valence-corrected chi connectivity index (χ1v) is 7.96. The number of benzene rings is 1. The number of nitrogens with two attached hydrogens (primary N) is 1. The topological polar surface area (TPSA) is 49.6 Å². The van der Waals surface area contributed by atoms with Gasteiger partial charge in [0.05, 0.1) is 6.54 Å². The SMILES string of the molecule is CC1CN(CC(=O)N2CCc3ccccc3C2)CCC1N. The molecule has 1 fully saturated rings. The Balaban J connectivity index is 1.57. The number of nitrogens with zero attached hydrogens (tertiary/aromatic N) is 2. The van der Waals surface area contributed by atoms with Crippen molar-refractivity contribution in [3.8, 4) is 0 Å². The van der Waals surface area contributed by atoms with E-state index < -0.39 is 0 Å². The summed E-state index contributed by atoms with van der Waals surface area (Å²) in [6.07, 6.45) is 1.97. The number of rotatable bonds is 2. The standard InChI is InChI=1S/C17H25N3O/c1-13-10-19(8-7-16(13)18)12-17(21)20-9-6-14-4-2-3-5-15(14)11-20/h2-5,13,16H,6-12,18H2,1H3. The highest BCUT2D eigenvalue weighted by atomic mass is 16.2. The first-order chi connectivity index (χ1) is 10.1. The van der Waals surface area contributed by atoms with Gasteiger partial charge >= 0.3 is 0 Å². The van der Waals surface area contributed by atoms with Gasteiger partial charge in [0, 0.05) is 32.2 Å². The van der Waals surface area contributed by atoms with Crippen molar-refractivity contribution >= 4 is 5.91 Å². The molecule has 4 heteroatoms. The molecule has 114 valence electrons. The zero-order valence-electron chi connectivity index (χ0n) is 12.8. The molecule has 0 bridgehead atoms. The maximum Gasteiger partial charge on any atom is 0.237 e. The first kappa shape index (κ1) is 14.5. The normalized spacial score (nSPS) is 26.5. The highest BCUT2D eigenvalue weighted by Crippen LogP contribution is 2.19. The van der Waals surface area contributed by atoms with Crippen molar-refractivity contribution in [2.45, 2.75) is 32.4 Å². The molecule has 1 saturated heterocycles. The van der Waals surface area contributed by atoms with Crippen LogP contribution in [-0.4, -0.2) is 47.9 Å². The van der Waals surface area contributed by atoms with Crippen LogP contribution in [0.4, 0.5) is 0 Å². The highest BCUT2D eigenvalue weighted by Gasteiger charge is 2.27. The molecule has 4 nitrogen and oxygen atoms in total. The number of piperidine rings is 1. The van der Waals surface area contributed by atoms with Crippen molar-refractivity contribution in [1.82, 2.24) is 9.80 Å². The number of fused-ring (bicyclic) bond motifs is 1. The number of hydrogen-bond donors (Lipinski definition) is 1. The maximum absolute atomic E-state index is 12.5. The Bertz CT molecular complexity index is 517. The minimum atomic E-state index is 0.257. The zero-order valence-corrected chi connectivity index (χ0v) is 12.8. The average Bonchev–Trinajstić information content (AvgIpc) is 2.50. The van der Waals surface area contributed by atoms with Crippen LogP contribution in [0.5, 0.6) is 0 Å². The molecule has 1 aromatic rings. The molecule has 2 heterocycles. The second kappa shape index (κ2) is 6.16. The average molecular weight is 287 g/mol. The third-order valence-electron chi connectivity index (χ3n) is 4.90. The van der Waals surface area contributed by atoms with Crippen LogP contribution in [0, 0.1) is 5.92 Å². The largest absolute Gasteiger partial charge is 0.337 e. The van der Waals surface area contributed by atoms with E-state index in [1.54, 1.807) is 0 Å². The van der Waals surface area contributed by atoms with E-state index in [9.17, 15) is 4.79 Å². The van der Waals surface area contributed by atoms with Gasteiger partial charge in [0.15, 0.2) is 0 Å². The van der Waals surface area contributed by atoms with Crippen molar-refractivity contribution < 1.29 is 4.79 Å². The van der Waals surface area contributed by atoms with Gasteiger partial charge in [-0.25, -0.2) is 0 Å². The van der Waals surface area contributed by atoms with Gasteiger partial charge < -0.3 is 10.6 Å². The quantitative estimate of drug-likeness (QED) is 0.890. The maximum atomic E-state index is 12.5. The molecule has 21 heavy (non-hydrogen) atoms. The summed E-state index contributed by atoms with van der Waals surface area (Å²) >= 11 is 0. The summed E-state index contributed by atoms with van der Waals surface area (Å²) < 4.78 is 0. The Morgan fingerprint density at radius 1 is 1.29 bits per heavy atom. The Morgan fingerprint density at radius 2 is 2.05 bits per heavy atom. The Labute approximate surface area is 126 Å². The molecule has 0 aromatic heterocycles. The van der Waals surface area contributed by atoms with Gasteiger partial charge in [-0.2, -0.15) is 0 Å². The zero-order chi connectivity index (χ0) is 14.8. The monoisotopic (exact) mass is 287 g/mol. The second-order valence-electron chi connectivity index (χ2n) is 6.50. The van der Waals surface area contributed by atoms with Crippen LogP contribution in [-0.2, 0) is 17.8 Å². The Morgan fingerprint density at radius 3 is 2.81 bits per heavy atom. The summed E-state index contributed by atoms with van der Waals surface area (Å²) in [5.74, 6) is 0.737. The summed E-state index contributed by atoms with van der Waals surface area (Å²) in [7, 11) is 0. The number of likely N-dealkylation sites (tertiary alicyclic amines) is 1. The van der Waals surface area contributed by atoms with Gasteiger partial charge in [0.1, 0.15) is 0 Å². The van der Waals surface area contributed by atoms with Gasteiger partial charge in [-0.15, -0.1) is 0 Å². The van der Waals surface area contributed by atoms with Crippen molar-refractivity contribution in [3.05, 3.63) is 35.4 Å². The molecule has 3 rings (SSSR count). The van der Waals surface area contributed by atoms with Gasteiger partial charge in [-0.1, -0.05) is 31.2 Å². The molecule has 1 amide bonds. The minimum absolute atomic E-state index is 0.257. The number of carbonyl (C=O) groups excluding carboxylic acids is 1. The van der Waals surface area contributed by atoms with E-state index in [-0.39, 0.29) is 5.91 Å². The third kappa shape index (κ3) is 3.27. The van der Waals surface area contributed by atoms with Gasteiger partial charge in [-0.05, 0) is 29.9 Å². The smallest absolute Gasteiger partial charge is 0.237 e. The molecule has 0 aliphatic carbocycles. The fraction of sp³-hybridized carbons (Fsp3) is 0.588. The van der Waals surface area contributed by atoms with Crippen LogP contribution in [0.25, 0.3) is 0 Å². The van der Waals surface area contributed by atoms with Crippen molar-refractivity contribution in [1.29, 1.82) is 0 Å². The minimum Gasteiger partial charge on any atom is -0.337 e. The van der Waals surface area contributed by atoms with E-state index in [0.29, 0.717) is 18.5 Å². The fourth-order valence-electron chi connectivity index (χ4n) is 3.39. The van der Waals surface area contributed by atoms with Crippen LogP contribution in [0.3, 0.4) is 0 Å². The molecule has 2 aliphatic rings. The van der Waals surface area contributed by atoms with Crippen molar-refractivity contribution in [3.63, 3.8) is 0 Å². The number of hydrogen-bond acceptors (Lipinski definition) is 3. The molecule has 1 aromatic carbocycles. The molecule has 0 spiro atoms. The Kier molecular flexibility index (Phi) is 4.27. The van der Waals surface area contributed by atoms with E-state index in [1.165, 1.54) is 11.1 Å². The van der Waals surface area contributed by atoms with E-state index in [2.05, 4.69) is 36.1 Å². The first-order valence-electron chi connectivity index (χ1n) is 7.96. The van der Waals surface area contributed by atoms with Crippen LogP contribution < -0.4 is 5.73 Å². The summed E-state index contributed by atoms with van der Waals surface area (Å²) in [4.78, 5) is 16.8. The molecular weight excluding hydrogens is 262 g/mol. The molecule has 2 N–H and O–H groups in total. The summed E-state index contributed by atoms with van der Waals surface area (Å²) in [5.41, 5.74) is 8.73. The van der Waals surface area contributed by atoms with E-state index in [4.69, 9.17) is 5.73 Å². The van der Waals surface area contributed by atoms with Crippen LogP contribution in [0.2, 0.25) is 0 Å². The lowest BCUT2D eigenvalue weighted by Crippen LogP contribution is -2.50. The van der Waals surface area contributed by atoms with Gasteiger partial charge in [0.25, 0.3) is 0 Å². The van der Waals surface area contributed by atoms with Crippen molar-refractivity contribution in [2.24, 2.45) is 11.7 Å². The molecule has 0 saturated carbocycles. The van der Waals surface area contributed by atoms with Gasteiger partial charge in [0.2, 0.25) is 5.91 Å². The lowest BCUT2D eigenvalue weighted by atomic mass is 9.95. The van der Waals surface area contributed by atoms with Crippen molar-refractivity contribution in [2.75, 3.05) is 26.2 Å². The van der Waals surface area contributed by atoms with Crippen LogP contribution in [0.1, 0.15) is 24.5 Å². The van der Waals surface area contributed by atoms with E-state index in [0.717, 1.165) is 39.0 Å². The van der Waals surface area contributed by atoms with E-state index >= 15 is 0 Å². The number of carbonyl (C=O) groups is 1. The highest BCUT2D eigenvalue weighted by molar-refractivity contribution is 5.78. The summed E-state index contributed by atoms with van der Waals surface area (Å²) in [6.45, 7) is 6.22. The predicted octanol–water partition coefficient (Wildman–Crippen LogP) is 1.24. The summed E-state index contributed by atoms with van der Waals surface area (Å²) in [5, 5.41) is 0. The molecule has 2 aliphatic heterocycles. The fourth-order valence-corrected chi connectivity index (χ4v) is 3.39. The predicted molar refractivity (Wildman–Crippen MR) is 83.8 cm³/mol. The third-order valence-corrected chi connectivity index (χ3v) is 4.90.